The number of para-hydroxylation sites is 1. The molecule has 3 aliphatic rings. The monoisotopic (exact) mass is 534 g/mol. The van der Waals surface area contributed by atoms with Crippen LogP contribution in [0.2, 0.25) is 0 Å². The van der Waals surface area contributed by atoms with E-state index in [0.717, 1.165) is 51.4 Å². The molecule has 2 nitrogen and oxygen atoms in total. The molecule has 0 N–H and O–H groups in total. The lowest BCUT2D eigenvalue weighted by Gasteiger charge is -2.40. The zero-order chi connectivity index (χ0) is 26.7. The molecule has 1 spiro atoms. The SMILES string of the molecule is O=P(c1ccccc1)(c1ccccc1)c1ccc2c(c1)C1(C3=CCCC=C3c3ccccc31)c1ccccc1O2. The van der Waals surface area contributed by atoms with E-state index in [9.17, 15) is 0 Å². The number of hydrogen-bond acceptors (Lipinski definition) is 2. The Bertz CT molecular complexity index is 1860. The van der Waals surface area contributed by atoms with Gasteiger partial charge >= 0.3 is 0 Å². The quantitative estimate of drug-likeness (QED) is 0.220. The fourth-order valence-corrected chi connectivity index (χ4v) is 9.68. The normalized spacial score (nSPS) is 18.5. The van der Waals surface area contributed by atoms with E-state index in [0.29, 0.717) is 0 Å². The van der Waals surface area contributed by atoms with Crippen molar-refractivity contribution in [3.05, 3.63) is 167 Å². The van der Waals surface area contributed by atoms with Gasteiger partial charge in [0.05, 0.1) is 5.41 Å². The molecule has 40 heavy (non-hydrogen) atoms. The summed E-state index contributed by atoms with van der Waals surface area (Å²) in [5.41, 5.74) is 6.81. The largest absolute Gasteiger partial charge is 0.457 e. The van der Waals surface area contributed by atoms with E-state index >= 15 is 4.57 Å². The first-order valence-corrected chi connectivity index (χ1v) is 15.6. The first-order chi connectivity index (χ1) is 19.7. The Morgan fingerprint density at radius 1 is 0.550 bits per heavy atom. The summed E-state index contributed by atoms with van der Waals surface area (Å²) in [6, 6.07) is 43.2. The van der Waals surface area contributed by atoms with Crippen LogP contribution in [0.3, 0.4) is 0 Å². The van der Waals surface area contributed by atoms with Gasteiger partial charge in [0.1, 0.15) is 11.5 Å². The lowest BCUT2D eigenvalue weighted by atomic mass is 9.65. The summed E-state index contributed by atoms with van der Waals surface area (Å²) in [7, 11) is -3.17. The van der Waals surface area contributed by atoms with Gasteiger partial charge in [-0.05, 0) is 59.4 Å². The highest BCUT2D eigenvalue weighted by Crippen LogP contribution is 2.63. The van der Waals surface area contributed by atoms with Crippen molar-refractivity contribution in [2.75, 3.05) is 0 Å². The van der Waals surface area contributed by atoms with Gasteiger partial charge in [-0.3, -0.25) is 0 Å². The summed E-state index contributed by atoms with van der Waals surface area (Å²) in [5, 5.41) is 2.48. The first kappa shape index (κ1) is 23.5. The molecule has 0 saturated heterocycles. The molecule has 3 heteroatoms. The number of fused-ring (bicyclic) bond motifs is 9. The lowest BCUT2D eigenvalue weighted by molar-refractivity contribution is 0.436. The van der Waals surface area contributed by atoms with Gasteiger partial charge in [0.15, 0.2) is 7.14 Å². The average Bonchev–Trinajstić information content (AvgIpc) is 3.32. The Kier molecular flexibility index (Phi) is 5.18. The van der Waals surface area contributed by atoms with Gasteiger partial charge in [-0.25, -0.2) is 0 Å². The molecule has 1 aliphatic heterocycles. The summed E-state index contributed by atoms with van der Waals surface area (Å²) in [6.45, 7) is 0. The maximum absolute atomic E-state index is 15.4. The van der Waals surface area contributed by atoms with Crippen molar-refractivity contribution in [2.45, 2.75) is 18.3 Å². The summed E-state index contributed by atoms with van der Waals surface area (Å²) in [6.07, 6.45) is 6.84. The zero-order valence-corrected chi connectivity index (χ0v) is 22.9. The van der Waals surface area contributed by atoms with E-state index in [1.54, 1.807) is 0 Å². The highest BCUT2D eigenvalue weighted by Gasteiger charge is 2.53. The van der Waals surface area contributed by atoms with Crippen molar-refractivity contribution in [1.29, 1.82) is 0 Å². The van der Waals surface area contributed by atoms with Crippen LogP contribution in [-0.2, 0) is 9.98 Å². The third kappa shape index (κ3) is 3.09. The highest BCUT2D eigenvalue weighted by molar-refractivity contribution is 7.85. The second-order valence-electron chi connectivity index (χ2n) is 10.7. The third-order valence-electron chi connectivity index (χ3n) is 8.66. The van der Waals surface area contributed by atoms with Gasteiger partial charge in [-0.2, -0.15) is 0 Å². The van der Waals surface area contributed by atoms with Crippen molar-refractivity contribution >= 4 is 28.6 Å². The van der Waals surface area contributed by atoms with Crippen molar-refractivity contribution in [2.24, 2.45) is 0 Å². The molecule has 1 unspecified atom stereocenters. The minimum atomic E-state index is -3.17. The number of rotatable bonds is 3. The predicted molar refractivity (Wildman–Crippen MR) is 164 cm³/mol. The van der Waals surface area contributed by atoms with E-state index in [2.05, 4.69) is 60.7 Å². The van der Waals surface area contributed by atoms with Gasteiger partial charge in [0.25, 0.3) is 0 Å². The molecule has 0 bridgehead atoms. The molecule has 5 aromatic carbocycles. The van der Waals surface area contributed by atoms with E-state index < -0.39 is 12.6 Å². The fourth-order valence-electron chi connectivity index (χ4n) is 7.00. The molecule has 192 valence electrons. The smallest absolute Gasteiger partial charge is 0.171 e. The first-order valence-electron chi connectivity index (χ1n) is 13.9. The van der Waals surface area contributed by atoms with Crippen LogP contribution in [-0.4, -0.2) is 0 Å². The minimum Gasteiger partial charge on any atom is -0.457 e. The van der Waals surface area contributed by atoms with Crippen LogP contribution in [0.25, 0.3) is 5.57 Å². The number of benzene rings is 5. The molecule has 0 amide bonds. The summed E-state index contributed by atoms with van der Waals surface area (Å²) >= 11 is 0. The average molecular weight is 535 g/mol. The molecule has 0 aromatic heterocycles. The Hall–Kier alpha value is -4.39. The van der Waals surface area contributed by atoms with Gasteiger partial charge in [-0.1, -0.05) is 115 Å². The Balaban J connectivity index is 1.47. The molecular formula is C37H27O2P. The predicted octanol–water partition coefficient (Wildman–Crippen LogP) is 7.88. The van der Waals surface area contributed by atoms with E-state index in [4.69, 9.17) is 4.74 Å². The molecule has 2 aliphatic carbocycles. The van der Waals surface area contributed by atoms with Crippen molar-refractivity contribution in [1.82, 2.24) is 0 Å². The molecule has 1 heterocycles. The molecule has 8 rings (SSSR count). The fraction of sp³-hybridized carbons (Fsp3) is 0.0811. The van der Waals surface area contributed by atoms with Crippen molar-refractivity contribution in [3.8, 4) is 11.5 Å². The van der Waals surface area contributed by atoms with Crippen LogP contribution in [0.4, 0.5) is 0 Å². The second-order valence-corrected chi connectivity index (χ2v) is 13.4. The summed E-state index contributed by atoms with van der Waals surface area (Å²) < 4.78 is 22.0. The van der Waals surface area contributed by atoms with E-state index in [1.165, 1.54) is 22.3 Å². The number of hydrogen-bond donors (Lipinski definition) is 0. The number of allylic oxidation sites excluding steroid dienone is 4. The number of ether oxygens (including phenoxy) is 1. The third-order valence-corrected chi connectivity index (χ3v) is 11.7. The van der Waals surface area contributed by atoms with Crippen LogP contribution in [0.5, 0.6) is 11.5 Å². The van der Waals surface area contributed by atoms with Crippen molar-refractivity contribution < 1.29 is 9.30 Å². The van der Waals surface area contributed by atoms with Gasteiger partial charge in [-0.15, -0.1) is 0 Å². The molecule has 1 atom stereocenters. The maximum Gasteiger partial charge on any atom is 0.171 e. The molecular weight excluding hydrogens is 507 g/mol. The standard InChI is InChI=1S/C37H27O2P/c38-40(26-13-3-1-4-14-26,27-15-5-2-6-16-27)28-23-24-36-34(25-28)37(33-21-11-12-22-35(33)39-36)31-19-9-7-17-29(31)30-18-8-10-20-32(30)37/h1-7,9,11-25H,8,10H2. The minimum absolute atomic E-state index is 0.540. The van der Waals surface area contributed by atoms with E-state index in [-0.39, 0.29) is 0 Å². The Morgan fingerprint density at radius 2 is 1.15 bits per heavy atom. The summed E-state index contributed by atoms with van der Waals surface area (Å²) in [5.74, 6) is 1.69. The van der Waals surface area contributed by atoms with Gasteiger partial charge in [0.2, 0.25) is 0 Å². The van der Waals surface area contributed by atoms with Crippen LogP contribution in [0.15, 0.2) is 145 Å². The molecule has 5 aromatic rings. The Labute approximate surface area is 234 Å². The van der Waals surface area contributed by atoms with E-state index in [1.807, 2.05) is 78.9 Å². The lowest BCUT2D eigenvalue weighted by Crippen LogP contribution is -2.34. The Morgan fingerprint density at radius 3 is 1.90 bits per heavy atom. The second kappa shape index (κ2) is 8.81. The molecule has 0 saturated carbocycles. The zero-order valence-electron chi connectivity index (χ0n) is 22.0. The van der Waals surface area contributed by atoms with Gasteiger partial charge < -0.3 is 9.30 Å². The molecule has 0 fully saturated rings. The summed E-state index contributed by atoms with van der Waals surface area (Å²) in [4.78, 5) is 0. The van der Waals surface area contributed by atoms with Crippen LogP contribution < -0.4 is 20.7 Å². The van der Waals surface area contributed by atoms with Crippen LogP contribution in [0.1, 0.15) is 35.1 Å². The van der Waals surface area contributed by atoms with Crippen molar-refractivity contribution in [3.63, 3.8) is 0 Å². The topological polar surface area (TPSA) is 26.3 Å². The van der Waals surface area contributed by atoms with Crippen LogP contribution >= 0.6 is 7.14 Å². The maximum atomic E-state index is 15.4. The van der Waals surface area contributed by atoms with Crippen LogP contribution in [0, 0.1) is 0 Å². The highest BCUT2D eigenvalue weighted by atomic mass is 31.2. The molecule has 0 radical (unpaired) electrons. The van der Waals surface area contributed by atoms with Gasteiger partial charge in [0, 0.05) is 27.0 Å².